The molecular formula is C8H14N2O3. The van der Waals surface area contributed by atoms with E-state index in [-0.39, 0.29) is 17.4 Å². The molecule has 1 aromatic rings. The third kappa shape index (κ3) is 1.85. The molecule has 0 fully saturated rings. The molecule has 0 saturated heterocycles. The lowest BCUT2D eigenvalue weighted by Gasteiger charge is -2.05. The van der Waals surface area contributed by atoms with E-state index in [1.807, 2.05) is 13.8 Å². The largest absolute Gasteiger partial charge is 0.491 e. The molecule has 0 radical (unpaired) electrons. The van der Waals surface area contributed by atoms with E-state index < -0.39 is 0 Å². The van der Waals surface area contributed by atoms with Crippen LogP contribution in [-0.4, -0.2) is 21.3 Å². The van der Waals surface area contributed by atoms with E-state index in [0.29, 0.717) is 13.2 Å². The Morgan fingerprint density at radius 2 is 2.23 bits per heavy atom. The van der Waals surface area contributed by atoms with Crippen LogP contribution in [0.2, 0.25) is 0 Å². The van der Waals surface area contributed by atoms with Crippen LogP contribution in [0.4, 0.5) is 0 Å². The van der Waals surface area contributed by atoms with Crippen LogP contribution < -0.4 is 10.4 Å². The SMILES string of the molecule is CCCOc1c(O)[nH]c(=O)n1CC. The zero-order valence-corrected chi connectivity index (χ0v) is 7.83. The minimum Gasteiger partial charge on any atom is -0.491 e. The van der Waals surface area contributed by atoms with Gasteiger partial charge in [-0.2, -0.15) is 0 Å². The highest BCUT2D eigenvalue weighted by molar-refractivity contribution is 5.24. The first kappa shape index (κ1) is 9.70. The standard InChI is InChI=1S/C8H14N2O3/c1-3-5-13-7-6(11)9-8(12)10(7)4-2/h11H,3-5H2,1-2H3,(H,9,12). The van der Waals surface area contributed by atoms with E-state index in [4.69, 9.17) is 4.74 Å². The van der Waals surface area contributed by atoms with Crippen molar-refractivity contribution in [2.75, 3.05) is 6.61 Å². The van der Waals surface area contributed by atoms with Crippen molar-refractivity contribution in [2.24, 2.45) is 0 Å². The number of ether oxygens (including phenoxy) is 1. The monoisotopic (exact) mass is 186 g/mol. The van der Waals surface area contributed by atoms with Gasteiger partial charge in [-0.1, -0.05) is 6.92 Å². The van der Waals surface area contributed by atoms with Crippen LogP contribution in [0.5, 0.6) is 11.8 Å². The van der Waals surface area contributed by atoms with Crippen molar-refractivity contribution in [2.45, 2.75) is 26.8 Å². The summed E-state index contributed by atoms with van der Waals surface area (Å²) in [6.45, 7) is 4.74. The number of H-pyrrole nitrogens is 1. The van der Waals surface area contributed by atoms with Crippen LogP contribution in [0, 0.1) is 0 Å². The number of rotatable bonds is 4. The van der Waals surface area contributed by atoms with Gasteiger partial charge in [0.25, 0.3) is 11.8 Å². The zero-order valence-electron chi connectivity index (χ0n) is 7.83. The Morgan fingerprint density at radius 3 is 2.77 bits per heavy atom. The van der Waals surface area contributed by atoms with Crippen molar-refractivity contribution in [1.29, 1.82) is 0 Å². The highest BCUT2D eigenvalue weighted by Crippen LogP contribution is 2.20. The molecule has 0 aliphatic carbocycles. The van der Waals surface area contributed by atoms with Crippen LogP contribution in [0.3, 0.4) is 0 Å². The van der Waals surface area contributed by atoms with Crippen LogP contribution in [0.15, 0.2) is 4.79 Å². The highest BCUT2D eigenvalue weighted by atomic mass is 16.5. The molecule has 0 spiro atoms. The maximum atomic E-state index is 11.1. The van der Waals surface area contributed by atoms with Crippen molar-refractivity contribution in [3.8, 4) is 11.8 Å². The van der Waals surface area contributed by atoms with Gasteiger partial charge in [0.1, 0.15) is 0 Å². The van der Waals surface area contributed by atoms with Gasteiger partial charge < -0.3 is 9.84 Å². The molecule has 0 aromatic carbocycles. The van der Waals surface area contributed by atoms with Gasteiger partial charge in [0.15, 0.2) is 0 Å². The van der Waals surface area contributed by atoms with Crippen LogP contribution in [0.25, 0.3) is 0 Å². The van der Waals surface area contributed by atoms with E-state index in [9.17, 15) is 9.90 Å². The molecule has 0 aliphatic heterocycles. The number of nitrogens with one attached hydrogen (secondary N) is 1. The van der Waals surface area contributed by atoms with Gasteiger partial charge >= 0.3 is 5.69 Å². The number of nitrogens with zero attached hydrogens (tertiary/aromatic N) is 1. The molecule has 0 unspecified atom stereocenters. The average molecular weight is 186 g/mol. The molecular weight excluding hydrogens is 172 g/mol. The van der Waals surface area contributed by atoms with Crippen LogP contribution >= 0.6 is 0 Å². The Balaban J connectivity index is 2.96. The lowest BCUT2D eigenvalue weighted by molar-refractivity contribution is 0.273. The van der Waals surface area contributed by atoms with Gasteiger partial charge in [-0.15, -0.1) is 0 Å². The second-order valence-electron chi connectivity index (χ2n) is 2.68. The van der Waals surface area contributed by atoms with Crippen LogP contribution in [0.1, 0.15) is 20.3 Å². The first-order chi connectivity index (χ1) is 6.20. The molecule has 0 saturated carbocycles. The number of aromatic amines is 1. The van der Waals surface area contributed by atoms with Gasteiger partial charge in [0, 0.05) is 6.54 Å². The molecule has 0 aliphatic rings. The summed E-state index contributed by atoms with van der Waals surface area (Å²) in [4.78, 5) is 13.4. The maximum Gasteiger partial charge on any atom is 0.331 e. The third-order valence-corrected chi connectivity index (χ3v) is 1.68. The van der Waals surface area contributed by atoms with Gasteiger partial charge in [0.2, 0.25) is 0 Å². The van der Waals surface area contributed by atoms with Crippen LogP contribution in [-0.2, 0) is 6.54 Å². The molecule has 5 heteroatoms. The van der Waals surface area contributed by atoms with Crippen molar-refractivity contribution in [1.82, 2.24) is 9.55 Å². The number of aromatic hydroxyl groups is 1. The molecule has 2 N–H and O–H groups in total. The van der Waals surface area contributed by atoms with E-state index in [0.717, 1.165) is 6.42 Å². The smallest absolute Gasteiger partial charge is 0.331 e. The molecule has 74 valence electrons. The summed E-state index contributed by atoms with van der Waals surface area (Å²) in [5.41, 5.74) is -0.342. The van der Waals surface area contributed by atoms with Crippen molar-refractivity contribution in [3.63, 3.8) is 0 Å². The highest BCUT2D eigenvalue weighted by Gasteiger charge is 2.12. The lowest BCUT2D eigenvalue weighted by Crippen LogP contribution is -2.16. The zero-order chi connectivity index (χ0) is 9.84. The van der Waals surface area contributed by atoms with E-state index in [1.54, 1.807) is 0 Å². The summed E-state index contributed by atoms with van der Waals surface area (Å²) in [6.07, 6.45) is 0.836. The van der Waals surface area contributed by atoms with E-state index >= 15 is 0 Å². The number of aromatic nitrogens is 2. The molecule has 0 atom stereocenters. The fourth-order valence-corrected chi connectivity index (χ4v) is 1.07. The van der Waals surface area contributed by atoms with Gasteiger partial charge in [-0.3, -0.25) is 9.55 Å². The molecule has 5 nitrogen and oxygen atoms in total. The predicted molar refractivity (Wildman–Crippen MR) is 48.2 cm³/mol. The predicted octanol–water partition coefficient (Wildman–Crippen LogP) is 0.691. The second-order valence-corrected chi connectivity index (χ2v) is 2.68. The number of hydrogen-bond acceptors (Lipinski definition) is 3. The van der Waals surface area contributed by atoms with Gasteiger partial charge in [-0.05, 0) is 13.3 Å². The summed E-state index contributed by atoms with van der Waals surface area (Å²) in [6, 6.07) is 0. The Morgan fingerprint density at radius 1 is 1.54 bits per heavy atom. The van der Waals surface area contributed by atoms with E-state index in [2.05, 4.69) is 4.98 Å². The fourth-order valence-electron chi connectivity index (χ4n) is 1.07. The van der Waals surface area contributed by atoms with Gasteiger partial charge in [0.05, 0.1) is 6.61 Å². The summed E-state index contributed by atoms with van der Waals surface area (Å²) in [5, 5.41) is 9.27. The average Bonchev–Trinajstić information content (AvgIpc) is 2.37. The number of hydrogen-bond donors (Lipinski definition) is 2. The second kappa shape index (κ2) is 4.02. The molecule has 1 heterocycles. The third-order valence-electron chi connectivity index (χ3n) is 1.68. The normalized spacial score (nSPS) is 10.3. The summed E-state index contributed by atoms with van der Waals surface area (Å²) >= 11 is 0. The molecule has 0 bridgehead atoms. The molecule has 13 heavy (non-hydrogen) atoms. The number of imidazole rings is 1. The lowest BCUT2D eigenvalue weighted by atomic mass is 10.5. The van der Waals surface area contributed by atoms with Crippen molar-refractivity contribution < 1.29 is 9.84 Å². The van der Waals surface area contributed by atoms with Crippen molar-refractivity contribution in [3.05, 3.63) is 10.5 Å². The summed E-state index contributed by atoms with van der Waals surface area (Å²) in [7, 11) is 0. The Hall–Kier alpha value is -1.39. The summed E-state index contributed by atoms with van der Waals surface area (Å²) < 4.78 is 6.56. The quantitative estimate of drug-likeness (QED) is 0.727. The fraction of sp³-hybridized carbons (Fsp3) is 0.625. The van der Waals surface area contributed by atoms with E-state index in [1.165, 1.54) is 4.57 Å². The first-order valence-electron chi connectivity index (χ1n) is 4.35. The molecule has 1 rings (SSSR count). The molecule has 1 aromatic heterocycles. The minimum absolute atomic E-state index is 0.194. The minimum atomic E-state index is -0.342. The topological polar surface area (TPSA) is 67.2 Å². The Bertz CT molecular complexity index is 327. The summed E-state index contributed by atoms with van der Waals surface area (Å²) in [5.74, 6) is 0.0367. The van der Waals surface area contributed by atoms with Crippen molar-refractivity contribution >= 4 is 0 Å². The maximum absolute atomic E-state index is 11.1. The Kier molecular flexibility index (Phi) is 3.00. The molecule has 0 amide bonds. The Labute approximate surface area is 76.0 Å². The first-order valence-corrected chi connectivity index (χ1v) is 4.35. The van der Waals surface area contributed by atoms with Gasteiger partial charge in [-0.25, -0.2) is 4.79 Å².